The molecule has 120 valence electrons. The molecule has 3 rings (SSSR count). The molecule has 5 heteroatoms. The van der Waals surface area contributed by atoms with E-state index in [1.807, 2.05) is 12.1 Å². The Hall–Kier alpha value is -2.43. The minimum atomic E-state index is -0.611. The molecule has 0 bridgehead atoms. The van der Waals surface area contributed by atoms with Gasteiger partial charge in [-0.2, -0.15) is 0 Å². The third kappa shape index (κ3) is 2.79. The molecule has 2 atom stereocenters. The Morgan fingerprint density at radius 1 is 1.48 bits per heavy atom. The summed E-state index contributed by atoms with van der Waals surface area (Å²) in [6, 6.07) is 3.71. The minimum absolute atomic E-state index is 0.0920. The molecule has 0 radical (unpaired) electrons. The first-order chi connectivity index (χ1) is 11.1. The molecule has 0 aromatic carbocycles. The highest BCUT2D eigenvalue weighted by Gasteiger charge is 2.43. The summed E-state index contributed by atoms with van der Waals surface area (Å²) in [7, 11) is 0. The van der Waals surface area contributed by atoms with Crippen molar-refractivity contribution >= 4 is 11.8 Å². The number of carbonyl (C=O) groups is 2. The second-order valence-corrected chi connectivity index (χ2v) is 5.81. The first kappa shape index (κ1) is 15.5. The van der Waals surface area contributed by atoms with E-state index in [0.717, 1.165) is 24.1 Å². The number of esters is 1. The Morgan fingerprint density at radius 2 is 2.30 bits per heavy atom. The molecule has 2 unspecified atom stereocenters. The number of Topliss-reactive ketones (excluding diaryl/α,β-unsaturated/α-hetero) is 1. The molecule has 1 aromatic rings. The van der Waals surface area contributed by atoms with Crippen LogP contribution in [0.1, 0.15) is 37.7 Å². The molecule has 0 fully saturated rings. The molecule has 0 saturated carbocycles. The number of hydrogen-bond acceptors (Lipinski definition) is 5. The monoisotopic (exact) mass is 312 g/mol. The van der Waals surface area contributed by atoms with E-state index in [1.54, 1.807) is 19.3 Å². The molecule has 0 saturated heterocycles. The molecule has 23 heavy (non-hydrogen) atoms. The van der Waals surface area contributed by atoms with Crippen molar-refractivity contribution in [3.8, 4) is 0 Å². The van der Waals surface area contributed by atoms with E-state index in [1.165, 1.54) is 0 Å². The molecule has 1 aromatic heterocycles. The van der Waals surface area contributed by atoms with E-state index in [4.69, 9.17) is 4.74 Å². The van der Waals surface area contributed by atoms with Crippen molar-refractivity contribution < 1.29 is 14.3 Å². The number of aromatic nitrogens is 1. The number of ether oxygens (including phenoxy) is 1. The van der Waals surface area contributed by atoms with Crippen LogP contribution in [-0.2, 0) is 14.3 Å². The molecule has 1 aliphatic carbocycles. The number of nitrogens with one attached hydrogen (secondary N) is 1. The quantitative estimate of drug-likeness (QED) is 0.868. The zero-order chi connectivity index (χ0) is 16.4. The van der Waals surface area contributed by atoms with Gasteiger partial charge in [-0.1, -0.05) is 12.6 Å². The van der Waals surface area contributed by atoms with Crippen molar-refractivity contribution in [2.45, 2.75) is 32.1 Å². The molecule has 0 spiro atoms. The number of hydrogen-bond donors (Lipinski definition) is 1. The van der Waals surface area contributed by atoms with Gasteiger partial charge in [0.2, 0.25) is 0 Å². The van der Waals surface area contributed by atoms with Gasteiger partial charge in [-0.15, -0.1) is 0 Å². The number of rotatable bonds is 3. The summed E-state index contributed by atoms with van der Waals surface area (Å²) >= 11 is 0. The van der Waals surface area contributed by atoms with Gasteiger partial charge in [0.15, 0.2) is 5.78 Å². The van der Waals surface area contributed by atoms with Crippen LogP contribution in [0.15, 0.2) is 48.1 Å². The maximum atomic E-state index is 12.5. The first-order valence-electron chi connectivity index (χ1n) is 7.92. The number of nitrogens with zero attached hydrogens (tertiary/aromatic N) is 1. The summed E-state index contributed by atoms with van der Waals surface area (Å²) in [6.45, 7) is 6.08. The van der Waals surface area contributed by atoms with Gasteiger partial charge in [-0.3, -0.25) is 14.6 Å². The van der Waals surface area contributed by atoms with E-state index < -0.39 is 5.92 Å². The van der Waals surface area contributed by atoms with Gasteiger partial charge in [0.25, 0.3) is 0 Å². The lowest BCUT2D eigenvalue weighted by Gasteiger charge is -2.38. The van der Waals surface area contributed by atoms with Gasteiger partial charge in [0.05, 0.1) is 6.61 Å². The fourth-order valence-corrected chi connectivity index (χ4v) is 3.42. The van der Waals surface area contributed by atoms with Gasteiger partial charge >= 0.3 is 5.97 Å². The second-order valence-electron chi connectivity index (χ2n) is 5.81. The fourth-order valence-electron chi connectivity index (χ4n) is 3.42. The zero-order valence-corrected chi connectivity index (χ0v) is 13.2. The summed E-state index contributed by atoms with van der Waals surface area (Å²) < 4.78 is 5.22. The molecular weight excluding hydrogens is 292 g/mol. The predicted molar refractivity (Wildman–Crippen MR) is 85.3 cm³/mol. The van der Waals surface area contributed by atoms with E-state index in [-0.39, 0.29) is 17.7 Å². The lowest BCUT2D eigenvalue weighted by atomic mass is 9.72. The first-order valence-corrected chi connectivity index (χ1v) is 7.92. The van der Waals surface area contributed by atoms with Crippen LogP contribution < -0.4 is 5.32 Å². The van der Waals surface area contributed by atoms with Gasteiger partial charge in [0.1, 0.15) is 5.92 Å². The lowest BCUT2D eigenvalue weighted by molar-refractivity contribution is -0.147. The van der Waals surface area contributed by atoms with Crippen molar-refractivity contribution in [3.05, 3.63) is 53.6 Å². The van der Waals surface area contributed by atoms with Crippen LogP contribution in [0.5, 0.6) is 0 Å². The highest BCUT2D eigenvalue weighted by Crippen LogP contribution is 2.44. The van der Waals surface area contributed by atoms with Crippen LogP contribution >= 0.6 is 0 Å². The van der Waals surface area contributed by atoms with Crippen molar-refractivity contribution in [3.63, 3.8) is 0 Å². The fraction of sp³-hybridized carbons (Fsp3) is 0.389. The molecule has 2 aliphatic rings. The van der Waals surface area contributed by atoms with Crippen LogP contribution in [0.2, 0.25) is 0 Å². The van der Waals surface area contributed by atoms with Crippen molar-refractivity contribution in [1.29, 1.82) is 0 Å². The Bertz CT molecular complexity index is 679. The van der Waals surface area contributed by atoms with Crippen LogP contribution in [-0.4, -0.2) is 23.3 Å². The standard InChI is InChI=1S/C18H20N2O3/c1-3-23-18(22)15-11(2)20-13-7-4-8-14(21)17(13)16(15)12-6-5-9-19-10-12/h5-6,9-10,15-16,20H,2-4,7-8H2,1H3. The predicted octanol–water partition coefficient (Wildman–Crippen LogP) is 2.47. The van der Waals surface area contributed by atoms with Gasteiger partial charge in [-0.25, -0.2) is 0 Å². The smallest absolute Gasteiger partial charge is 0.315 e. The topological polar surface area (TPSA) is 68.3 Å². The van der Waals surface area contributed by atoms with E-state index >= 15 is 0 Å². The lowest BCUT2D eigenvalue weighted by Crippen LogP contribution is -2.41. The zero-order valence-electron chi connectivity index (χ0n) is 13.2. The Kier molecular flexibility index (Phi) is 4.28. The van der Waals surface area contributed by atoms with Gasteiger partial charge in [0, 0.05) is 41.7 Å². The number of carbonyl (C=O) groups excluding carboxylic acids is 2. The number of allylic oxidation sites excluding steroid dienone is 2. The molecule has 1 N–H and O–H groups in total. The highest BCUT2D eigenvalue weighted by molar-refractivity contribution is 6.00. The highest BCUT2D eigenvalue weighted by atomic mass is 16.5. The molecular formula is C18H20N2O3. The van der Waals surface area contributed by atoms with Crippen LogP contribution in [0, 0.1) is 5.92 Å². The van der Waals surface area contributed by atoms with Gasteiger partial charge < -0.3 is 10.1 Å². The summed E-state index contributed by atoms with van der Waals surface area (Å²) in [5, 5.41) is 3.18. The molecule has 2 heterocycles. The average molecular weight is 312 g/mol. The molecule has 0 amide bonds. The minimum Gasteiger partial charge on any atom is -0.465 e. The summed E-state index contributed by atoms with van der Waals surface area (Å²) in [6.07, 6.45) is 5.52. The number of pyridine rings is 1. The largest absolute Gasteiger partial charge is 0.465 e. The maximum Gasteiger partial charge on any atom is 0.315 e. The third-order valence-electron chi connectivity index (χ3n) is 4.37. The molecule has 5 nitrogen and oxygen atoms in total. The van der Waals surface area contributed by atoms with Crippen LogP contribution in [0.3, 0.4) is 0 Å². The van der Waals surface area contributed by atoms with Crippen molar-refractivity contribution in [1.82, 2.24) is 10.3 Å². The Balaban J connectivity index is 2.12. The van der Waals surface area contributed by atoms with E-state index in [0.29, 0.717) is 24.3 Å². The van der Waals surface area contributed by atoms with E-state index in [9.17, 15) is 9.59 Å². The van der Waals surface area contributed by atoms with Crippen LogP contribution in [0.4, 0.5) is 0 Å². The summed E-state index contributed by atoms with van der Waals surface area (Å²) in [5.74, 6) is -1.25. The maximum absolute atomic E-state index is 12.5. The Labute approximate surface area is 135 Å². The third-order valence-corrected chi connectivity index (χ3v) is 4.37. The summed E-state index contributed by atoms with van der Waals surface area (Å²) in [4.78, 5) is 29.2. The second kappa shape index (κ2) is 6.36. The summed E-state index contributed by atoms with van der Waals surface area (Å²) in [5.41, 5.74) is 3.01. The van der Waals surface area contributed by atoms with Gasteiger partial charge in [-0.05, 0) is 31.4 Å². The van der Waals surface area contributed by atoms with Crippen molar-refractivity contribution in [2.75, 3.05) is 6.61 Å². The molecule has 1 aliphatic heterocycles. The normalized spacial score (nSPS) is 24.0. The van der Waals surface area contributed by atoms with Crippen LogP contribution in [0.25, 0.3) is 0 Å². The SMILES string of the molecule is C=C1NC2=C(C(=O)CCC2)C(c2cccnc2)C1C(=O)OCC. The van der Waals surface area contributed by atoms with Crippen molar-refractivity contribution in [2.24, 2.45) is 5.92 Å². The Morgan fingerprint density at radius 3 is 3.00 bits per heavy atom. The average Bonchev–Trinajstić information content (AvgIpc) is 2.54. The number of ketones is 1. The van der Waals surface area contributed by atoms with E-state index in [2.05, 4.69) is 16.9 Å².